The predicted octanol–water partition coefficient (Wildman–Crippen LogP) is 5.78. The van der Waals surface area contributed by atoms with Crippen LogP contribution in [0.15, 0.2) is 60.7 Å². The summed E-state index contributed by atoms with van der Waals surface area (Å²) in [5.74, 6) is -0.288. The molecule has 1 heterocycles. The van der Waals surface area contributed by atoms with E-state index in [2.05, 4.69) is 15.6 Å². The molecule has 0 saturated carbocycles. The summed E-state index contributed by atoms with van der Waals surface area (Å²) >= 11 is 12.7. The van der Waals surface area contributed by atoms with Gasteiger partial charge in [0.05, 0.1) is 15.6 Å². The van der Waals surface area contributed by atoms with Gasteiger partial charge in [-0.15, -0.1) is 0 Å². The van der Waals surface area contributed by atoms with Gasteiger partial charge in [-0.2, -0.15) is 0 Å². The predicted molar refractivity (Wildman–Crippen MR) is 134 cm³/mol. The van der Waals surface area contributed by atoms with Crippen molar-refractivity contribution in [2.75, 3.05) is 13.6 Å². The van der Waals surface area contributed by atoms with Crippen molar-refractivity contribution in [3.63, 3.8) is 0 Å². The summed E-state index contributed by atoms with van der Waals surface area (Å²) in [6, 6.07) is 18.2. The second-order valence-corrected chi connectivity index (χ2v) is 8.57. The number of aryl methyl sites for hydroxylation is 1. The summed E-state index contributed by atoms with van der Waals surface area (Å²) in [5.41, 5.74) is 5.84. The fourth-order valence-corrected chi connectivity index (χ4v) is 4.41. The van der Waals surface area contributed by atoms with Gasteiger partial charge in [-0.3, -0.25) is 9.59 Å². The first kappa shape index (κ1) is 22.9. The SMILES string of the molecule is CNC(=O)c1cccc(-c2ccc(C(=O)NCCc3c(C)[nH]c4c(Cl)ccc(Cl)c34)cc2)c1. The monoisotopic (exact) mass is 479 g/mol. The van der Waals surface area contributed by atoms with Gasteiger partial charge in [0.2, 0.25) is 0 Å². The highest BCUT2D eigenvalue weighted by Crippen LogP contribution is 2.34. The van der Waals surface area contributed by atoms with Gasteiger partial charge in [0.15, 0.2) is 0 Å². The molecular weight excluding hydrogens is 457 g/mol. The number of nitrogens with one attached hydrogen (secondary N) is 3. The Balaban J connectivity index is 1.43. The van der Waals surface area contributed by atoms with E-state index in [0.717, 1.165) is 33.3 Å². The molecule has 0 fully saturated rings. The number of aromatic amines is 1. The number of fused-ring (bicyclic) bond motifs is 1. The zero-order valence-corrected chi connectivity index (χ0v) is 19.8. The van der Waals surface area contributed by atoms with Crippen LogP contribution in [0.3, 0.4) is 0 Å². The maximum absolute atomic E-state index is 12.7. The lowest BCUT2D eigenvalue weighted by Crippen LogP contribution is -2.25. The zero-order valence-electron chi connectivity index (χ0n) is 18.3. The third kappa shape index (κ3) is 4.75. The number of hydrogen-bond donors (Lipinski definition) is 3. The van der Waals surface area contributed by atoms with Crippen molar-refractivity contribution in [1.29, 1.82) is 0 Å². The maximum Gasteiger partial charge on any atom is 0.251 e. The summed E-state index contributed by atoms with van der Waals surface area (Å²) in [5, 5.41) is 7.75. The summed E-state index contributed by atoms with van der Waals surface area (Å²) < 4.78 is 0. The molecule has 3 N–H and O–H groups in total. The molecule has 0 spiro atoms. The van der Waals surface area contributed by atoms with E-state index in [1.54, 1.807) is 37.4 Å². The Morgan fingerprint density at radius 2 is 1.61 bits per heavy atom. The van der Waals surface area contributed by atoms with Gasteiger partial charge in [0.25, 0.3) is 11.8 Å². The minimum atomic E-state index is -0.151. The van der Waals surface area contributed by atoms with Crippen LogP contribution in [0.5, 0.6) is 0 Å². The normalized spacial score (nSPS) is 10.9. The molecule has 4 rings (SSSR count). The van der Waals surface area contributed by atoms with Crippen LogP contribution in [-0.4, -0.2) is 30.4 Å². The van der Waals surface area contributed by atoms with Gasteiger partial charge in [-0.05, 0) is 66.4 Å². The molecule has 3 aromatic carbocycles. The number of halogens is 2. The number of carbonyl (C=O) groups is 2. The molecule has 0 unspecified atom stereocenters. The standard InChI is InChI=1S/C26H23Cl2N3O2/c1-15-20(23-21(27)10-11-22(28)24(23)31-15)12-13-30-26(33)17-8-6-16(7-9-17)18-4-3-5-19(14-18)25(32)29-2/h3-11,14,31H,12-13H2,1-2H3,(H,29,32)(H,30,33). The number of benzene rings is 3. The summed E-state index contributed by atoms with van der Waals surface area (Å²) in [7, 11) is 1.60. The van der Waals surface area contributed by atoms with Gasteiger partial charge >= 0.3 is 0 Å². The highest BCUT2D eigenvalue weighted by molar-refractivity contribution is 6.40. The fourth-order valence-electron chi connectivity index (χ4n) is 3.93. The molecule has 1 aromatic heterocycles. The van der Waals surface area contributed by atoms with Crippen LogP contribution in [0, 0.1) is 6.92 Å². The van der Waals surface area contributed by atoms with Crippen molar-refractivity contribution in [3.8, 4) is 11.1 Å². The first-order valence-electron chi connectivity index (χ1n) is 10.5. The number of amides is 2. The maximum atomic E-state index is 12.7. The van der Waals surface area contributed by atoms with Gasteiger partial charge in [0.1, 0.15) is 0 Å². The topological polar surface area (TPSA) is 74.0 Å². The average Bonchev–Trinajstić information content (AvgIpc) is 3.18. The van der Waals surface area contributed by atoms with Crippen LogP contribution >= 0.6 is 23.2 Å². The molecular formula is C26H23Cl2N3O2. The lowest BCUT2D eigenvalue weighted by Gasteiger charge is -2.08. The quantitative estimate of drug-likeness (QED) is 0.327. The van der Waals surface area contributed by atoms with E-state index < -0.39 is 0 Å². The third-order valence-corrected chi connectivity index (χ3v) is 6.29. The Labute approximate surface area is 202 Å². The van der Waals surface area contributed by atoms with Crippen LogP contribution < -0.4 is 10.6 Å². The fraction of sp³-hybridized carbons (Fsp3) is 0.154. The van der Waals surface area contributed by atoms with E-state index in [4.69, 9.17) is 23.2 Å². The third-order valence-electron chi connectivity index (χ3n) is 5.66. The van der Waals surface area contributed by atoms with Crippen LogP contribution in [0.25, 0.3) is 22.0 Å². The van der Waals surface area contributed by atoms with E-state index in [1.165, 1.54) is 0 Å². The number of aromatic nitrogens is 1. The van der Waals surface area contributed by atoms with Gasteiger partial charge in [0, 0.05) is 35.8 Å². The minimum Gasteiger partial charge on any atom is -0.357 e. The Bertz CT molecular complexity index is 1340. The van der Waals surface area contributed by atoms with E-state index in [1.807, 2.05) is 37.3 Å². The minimum absolute atomic E-state index is 0.137. The van der Waals surface area contributed by atoms with Crippen molar-refractivity contribution in [2.45, 2.75) is 13.3 Å². The summed E-state index contributed by atoms with van der Waals surface area (Å²) in [4.78, 5) is 27.8. The van der Waals surface area contributed by atoms with Crippen LogP contribution in [0.1, 0.15) is 32.0 Å². The van der Waals surface area contributed by atoms with E-state index in [9.17, 15) is 9.59 Å². The average molecular weight is 480 g/mol. The Morgan fingerprint density at radius 1 is 0.879 bits per heavy atom. The van der Waals surface area contributed by atoms with Crippen LogP contribution in [0.4, 0.5) is 0 Å². The van der Waals surface area contributed by atoms with E-state index in [0.29, 0.717) is 34.1 Å². The molecule has 168 valence electrons. The van der Waals surface area contributed by atoms with Gasteiger partial charge in [-0.25, -0.2) is 0 Å². The van der Waals surface area contributed by atoms with Gasteiger partial charge < -0.3 is 15.6 Å². The van der Waals surface area contributed by atoms with Crippen molar-refractivity contribution < 1.29 is 9.59 Å². The highest BCUT2D eigenvalue weighted by atomic mass is 35.5. The molecule has 0 radical (unpaired) electrons. The smallest absolute Gasteiger partial charge is 0.251 e. The largest absolute Gasteiger partial charge is 0.357 e. The molecule has 0 bridgehead atoms. The van der Waals surface area contributed by atoms with Crippen molar-refractivity contribution in [1.82, 2.24) is 15.6 Å². The molecule has 2 amide bonds. The number of H-pyrrole nitrogens is 1. The second kappa shape index (κ2) is 9.69. The van der Waals surface area contributed by atoms with Gasteiger partial charge in [-0.1, -0.05) is 47.5 Å². The Morgan fingerprint density at radius 3 is 2.33 bits per heavy atom. The molecule has 7 heteroatoms. The number of rotatable bonds is 6. The molecule has 33 heavy (non-hydrogen) atoms. The highest BCUT2D eigenvalue weighted by Gasteiger charge is 2.15. The molecule has 0 saturated heterocycles. The molecule has 0 atom stereocenters. The molecule has 0 aliphatic heterocycles. The lowest BCUT2D eigenvalue weighted by molar-refractivity contribution is 0.0949. The summed E-state index contributed by atoms with van der Waals surface area (Å²) in [6.07, 6.45) is 0.627. The first-order valence-corrected chi connectivity index (χ1v) is 11.3. The van der Waals surface area contributed by atoms with Crippen molar-refractivity contribution in [3.05, 3.63) is 93.1 Å². The lowest BCUT2D eigenvalue weighted by atomic mass is 10.0. The molecule has 0 aliphatic carbocycles. The first-order chi connectivity index (χ1) is 15.9. The number of hydrogen-bond acceptors (Lipinski definition) is 2. The Hall–Kier alpha value is -3.28. The zero-order chi connectivity index (χ0) is 23.5. The molecule has 0 aliphatic rings. The number of carbonyl (C=O) groups excluding carboxylic acids is 2. The summed E-state index contributed by atoms with van der Waals surface area (Å²) in [6.45, 7) is 2.44. The van der Waals surface area contributed by atoms with E-state index >= 15 is 0 Å². The van der Waals surface area contributed by atoms with Crippen molar-refractivity contribution >= 4 is 45.9 Å². The van der Waals surface area contributed by atoms with Crippen LogP contribution in [0.2, 0.25) is 10.0 Å². The molecule has 5 nitrogen and oxygen atoms in total. The van der Waals surface area contributed by atoms with Crippen LogP contribution in [-0.2, 0) is 6.42 Å². The second-order valence-electron chi connectivity index (χ2n) is 7.75. The molecule has 4 aromatic rings. The van der Waals surface area contributed by atoms with Crippen molar-refractivity contribution in [2.24, 2.45) is 0 Å². The van der Waals surface area contributed by atoms with E-state index in [-0.39, 0.29) is 11.8 Å². The Kier molecular flexibility index (Phi) is 6.72.